The van der Waals surface area contributed by atoms with E-state index in [-0.39, 0.29) is 17.1 Å². The summed E-state index contributed by atoms with van der Waals surface area (Å²) >= 11 is 13.3. The Bertz CT molecular complexity index is 1420. The summed E-state index contributed by atoms with van der Waals surface area (Å²) in [7, 11) is 0. The Hall–Kier alpha value is -3.13. The number of hydrazone groups is 1. The van der Waals surface area contributed by atoms with Crippen LogP contribution in [0.1, 0.15) is 37.5 Å². The lowest BCUT2D eigenvalue weighted by molar-refractivity contribution is -0.118. The number of rotatable bonds is 7. The summed E-state index contributed by atoms with van der Waals surface area (Å²) in [5.74, 6) is 0.544. The molecule has 0 bridgehead atoms. The van der Waals surface area contributed by atoms with Gasteiger partial charge in [-0.15, -0.1) is 10.2 Å². The van der Waals surface area contributed by atoms with Crippen molar-refractivity contribution in [3.05, 3.63) is 93.5 Å². The van der Waals surface area contributed by atoms with Crippen LogP contribution in [0.4, 0.5) is 0 Å². The van der Waals surface area contributed by atoms with Crippen LogP contribution in [-0.2, 0) is 10.2 Å². The van der Waals surface area contributed by atoms with Crippen molar-refractivity contribution in [2.45, 2.75) is 38.3 Å². The Balaban J connectivity index is 1.53. The summed E-state index contributed by atoms with van der Waals surface area (Å²) in [6.07, 6.45) is 1.48. The summed E-state index contributed by atoms with van der Waals surface area (Å²) < 4.78 is 1.97. The van der Waals surface area contributed by atoms with Crippen molar-refractivity contribution in [3.8, 4) is 17.1 Å². The van der Waals surface area contributed by atoms with Crippen LogP contribution in [0.2, 0.25) is 10.0 Å². The first-order chi connectivity index (χ1) is 17.6. The summed E-state index contributed by atoms with van der Waals surface area (Å²) in [5, 5.41) is 14.5. The number of hydrogen-bond donors (Lipinski definition) is 1. The molecule has 3 aromatic carbocycles. The van der Waals surface area contributed by atoms with Crippen molar-refractivity contribution in [1.82, 2.24) is 20.2 Å². The standard InChI is InChI=1S/C28H27Cl2N5OS/c1-18-5-13-23(14-6-18)35-26(19-7-10-21(11-8-19)28(2,3)4)33-34-27(35)37-17-25(36)32-31-16-20-9-12-22(29)15-24(20)30/h5-16H,17H2,1-4H3,(H,32,36). The largest absolute Gasteiger partial charge is 0.272 e. The quantitative estimate of drug-likeness (QED) is 0.151. The molecule has 0 atom stereocenters. The van der Waals surface area contributed by atoms with Crippen LogP contribution >= 0.6 is 35.0 Å². The number of aromatic nitrogens is 3. The highest BCUT2D eigenvalue weighted by Gasteiger charge is 2.19. The highest BCUT2D eigenvalue weighted by molar-refractivity contribution is 7.99. The van der Waals surface area contributed by atoms with Gasteiger partial charge in [-0.25, -0.2) is 5.43 Å². The van der Waals surface area contributed by atoms with Gasteiger partial charge in [0.15, 0.2) is 11.0 Å². The molecule has 6 nitrogen and oxygen atoms in total. The second-order valence-corrected chi connectivity index (χ2v) is 11.3. The first-order valence-corrected chi connectivity index (χ1v) is 13.4. The van der Waals surface area contributed by atoms with Gasteiger partial charge < -0.3 is 0 Å². The van der Waals surface area contributed by atoms with Gasteiger partial charge in [-0.2, -0.15) is 5.10 Å². The number of hydrogen-bond acceptors (Lipinski definition) is 5. The number of aryl methyl sites for hydroxylation is 1. The van der Waals surface area contributed by atoms with Crippen LogP contribution in [0, 0.1) is 6.92 Å². The van der Waals surface area contributed by atoms with Crippen molar-refractivity contribution < 1.29 is 4.79 Å². The third kappa shape index (κ3) is 6.80. The first kappa shape index (κ1) is 26.9. The van der Waals surface area contributed by atoms with Crippen LogP contribution in [0.25, 0.3) is 17.1 Å². The molecule has 1 heterocycles. The zero-order valence-corrected chi connectivity index (χ0v) is 23.3. The molecule has 1 aromatic heterocycles. The zero-order chi connectivity index (χ0) is 26.6. The van der Waals surface area contributed by atoms with Gasteiger partial charge in [0.25, 0.3) is 5.91 Å². The highest BCUT2D eigenvalue weighted by atomic mass is 35.5. The fourth-order valence-electron chi connectivity index (χ4n) is 3.54. The number of amides is 1. The van der Waals surface area contributed by atoms with E-state index in [1.54, 1.807) is 18.2 Å². The molecule has 0 spiro atoms. The van der Waals surface area contributed by atoms with E-state index < -0.39 is 0 Å². The van der Waals surface area contributed by atoms with Crippen LogP contribution < -0.4 is 5.43 Å². The Morgan fingerprint density at radius 2 is 1.73 bits per heavy atom. The second-order valence-electron chi connectivity index (χ2n) is 9.55. The molecule has 190 valence electrons. The van der Waals surface area contributed by atoms with Crippen LogP contribution in [0.5, 0.6) is 0 Å². The number of thioether (sulfide) groups is 1. The van der Waals surface area contributed by atoms with Crippen molar-refractivity contribution in [3.63, 3.8) is 0 Å². The number of nitrogens with zero attached hydrogens (tertiary/aromatic N) is 4. The van der Waals surface area contributed by atoms with E-state index in [1.165, 1.54) is 23.5 Å². The molecule has 0 fully saturated rings. The lowest BCUT2D eigenvalue weighted by Gasteiger charge is -2.19. The maximum Gasteiger partial charge on any atom is 0.250 e. The van der Waals surface area contributed by atoms with Gasteiger partial charge >= 0.3 is 0 Å². The fourth-order valence-corrected chi connectivity index (χ4v) is 4.74. The number of carbonyl (C=O) groups is 1. The SMILES string of the molecule is Cc1ccc(-n2c(SCC(=O)NN=Cc3ccc(Cl)cc3Cl)nnc2-c2ccc(C(C)(C)C)cc2)cc1. The van der Waals surface area contributed by atoms with E-state index in [2.05, 4.69) is 65.8 Å². The zero-order valence-electron chi connectivity index (χ0n) is 21.0. The van der Waals surface area contributed by atoms with Gasteiger partial charge in [0.05, 0.1) is 17.0 Å². The Morgan fingerprint density at radius 1 is 1.03 bits per heavy atom. The van der Waals surface area contributed by atoms with E-state index in [0.29, 0.717) is 26.6 Å². The van der Waals surface area contributed by atoms with Crippen LogP contribution in [-0.4, -0.2) is 32.6 Å². The van der Waals surface area contributed by atoms with Gasteiger partial charge in [0, 0.05) is 21.8 Å². The first-order valence-electron chi connectivity index (χ1n) is 11.6. The summed E-state index contributed by atoms with van der Waals surface area (Å²) in [6.45, 7) is 8.60. The predicted molar refractivity (Wildman–Crippen MR) is 153 cm³/mol. The molecule has 0 unspecified atom stereocenters. The molecule has 37 heavy (non-hydrogen) atoms. The van der Waals surface area contributed by atoms with Crippen molar-refractivity contribution in [2.24, 2.45) is 5.10 Å². The molecular formula is C28H27Cl2N5OS. The molecule has 0 saturated carbocycles. The Labute approximate surface area is 231 Å². The molecule has 0 radical (unpaired) electrons. The number of nitrogens with one attached hydrogen (secondary N) is 1. The van der Waals surface area contributed by atoms with E-state index in [1.807, 2.05) is 35.8 Å². The van der Waals surface area contributed by atoms with Gasteiger partial charge in [0.2, 0.25) is 0 Å². The average Bonchev–Trinajstić information content (AvgIpc) is 3.28. The number of carbonyl (C=O) groups excluding carboxylic acids is 1. The molecule has 0 saturated heterocycles. The molecule has 0 aliphatic heterocycles. The van der Waals surface area contributed by atoms with Gasteiger partial charge in [0.1, 0.15) is 0 Å². The number of halogens is 2. The maximum absolute atomic E-state index is 12.5. The monoisotopic (exact) mass is 551 g/mol. The van der Waals surface area contributed by atoms with E-state index >= 15 is 0 Å². The van der Waals surface area contributed by atoms with E-state index in [9.17, 15) is 4.79 Å². The van der Waals surface area contributed by atoms with Crippen molar-refractivity contribution in [2.75, 3.05) is 5.75 Å². The maximum atomic E-state index is 12.5. The predicted octanol–water partition coefficient (Wildman–Crippen LogP) is 7.09. The molecule has 9 heteroatoms. The molecular weight excluding hydrogens is 525 g/mol. The van der Waals surface area contributed by atoms with Crippen LogP contribution in [0.3, 0.4) is 0 Å². The van der Waals surface area contributed by atoms with E-state index in [4.69, 9.17) is 23.2 Å². The molecule has 0 aliphatic rings. The topological polar surface area (TPSA) is 72.2 Å². The number of benzene rings is 3. The minimum absolute atomic E-state index is 0.0545. The lowest BCUT2D eigenvalue weighted by atomic mass is 9.87. The minimum Gasteiger partial charge on any atom is -0.272 e. The average molecular weight is 553 g/mol. The van der Waals surface area contributed by atoms with Crippen molar-refractivity contribution in [1.29, 1.82) is 0 Å². The molecule has 4 aromatic rings. The molecule has 0 aliphatic carbocycles. The summed E-state index contributed by atoms with van der Waals surface area (Å²) in [6, 6.07) is 21.6. The Kier molecular flexibility index (Phi) is 8.37. The second kappa shape index (κ2) is 11.5. The van der Waals surface area contributed by atoms with Crippen molar-refractivity contribution >= 4 is 47.1 Å². The van der Waals surface area contributed by atoms with Crippen LogP contribution in [0.15, 0.2) is 77.0 Å². The summed E-state index contributed by atoms with van der Waals surface area (Å²) in [5.41, 5.74) is 7.50. The molecule has 4 rings (SSSR count). The van der Waals surface area contributed by atoms with Gasteiger partial charge in [-0.1, -0.05) is 104 Å². The third-order valence-corrected chi connectivity index (χ3v) is 7.11. The smallest absolute Gasteiger partial charge is 0.250 e. The molecule has 1 N–H and O–H groups in total. The fraction of sp³-hybridized carbons (Fsp3) is 0.214. The summed E-state index contributed by atoms with van der Waals surface area (Å²) in [4.78, 5) is 12.5. The van der Waals surface area contributed by atoms with E-state index in [0.717, 1.165) is 16.8 Å². The Morgan fingerprint density at radius 3 is 2.38 bits per heavy atom. The van der Waals surface area contributed by atoms with Gasteiger partial charge in [-0.05, 0) is 42.2 Å². The minimum atomic E-state index is -0.277. The normalized spacial score (nSPS) is 11.7. The molecule has 1 amide bonds. The third-order valence-electron chi connectivity index (χ3n) is 5.62. The highest BCUT2D eigenvalue weighted by Crippen LogP contribution is 2.30. The lowest BCUT2D eigenvalue weighted by Crippen LogP contribution is -2.20. The van der Waals surface area contributed by atoms with Gasteiger partial charge in [-0.3, -0.25) is 9.36 Å².